The third kappa shape index (κ3) is 2.43. The lowest BCUT2D eigenvalue weighted by Gasteiger charge is -2.20. The van der Waals surface area contributed by atoms with E-state index in [-0.39, 0.29) is 11.2 Å². The number of fused-ring (bicyclic) bond motifs is 3. The molecule has 3 heteroatoms. The molecule has 1 aliphatic carbocycles. The lowest BCUT2D eigenvalue weighted by molar-refractivity contribution is -0.126. The first kappa shape index (κ1) is 15.1. The van der Waals surface area contributed by atoms with Gasteiger partial charge in [-0.2, -0.15) is 0 Å². The molecule has 1 heterocycles. The molecule has 0 unspecified atom stereocenters. The number of hydrogen-bond acceptors (Lipinski definition) is 2. The van der Waals surface area contributed by atoms with Crippen molar-refractivity contribution in [3.8, 4) is 5.75 Å². The summed E-state index contributed by atoms with van der Waals surface area (Å²) < 4.78 is 7.82. The lowest BCUT2D eigenvalue weighted by atomic mass is 9.90. The number of aromatic nitrogens is 1. The minimum absolute atomic E-state index is 0.278. The molecule has 3 rings (SSSR count). The monoisotopic (exact) mass is 299 g/mol. The van der Waals surface area contributed by atoms with Crippen LogP contribution in [0.25, 0.3) is 10.9 Å². The van der Waals surface area contributed by atoms with Gasteiger partial charge in [0.1, 0.15) is 5.75 Å². The largest absolute Gasteiger partial charge is 0.496 e. The number of methoxy groups -OCH3 is 1. The van der Waals surface area contributed by atoms with Crippen LogP contribution in [0.2, 0.25) is 0 Å². The highest BCUT2D eigenvalue weighted by Crippen LogP contribution is 2.37. The zero-order chi connectivity index (χ0) is 15.9. The van der Waals surface area contributed by atoms with Gasteiger partial charge in [0.25, 0.3) is 0 Å². The van der Waals surface area contributed by atoms with E-state index in [0.717, 1.165) is 24.1 Å². The van der Waals surface area contributed by atoms with Gasteiger partial charge in [0, 0.05) is 16.5 Å². The molecule has 0 aliphatic heterocycles. The lowest BCUT2D eigenvalue weighted by Crippen LogP contribution is -2.26. The van der Waals surface area contributed by atoms with E-state index in [1.54, 1.807) is 7.11 Å². The Balaban J connectivity index is 2.19. The summed E-state index contributed by atoms with van der Waals surface area (Å²) in [5, 5.41) is 1.21. The number of carbonyl (C=O) groups excluding carboxylic acids is 1. The third-order valence-corrected chi connectivity index (χ3v) is 4.72. The molecule has 0 amide bonds. The van der Waals surface area contributed by atoms with Gasteiger partial charge in [-0.3, -0.25) is 4.79 Å². The van der Waals surface area contributed by atoms with E-state index in [4.69, 9.17) is 4.74 Å². The number of benzene rings is 1. The van der Waals surface area contributed by atoms with E-state index >= 15 is 0 Å². The predicted molar refractivity (Wildman–Crippen MR) is 89.6 cm³/mol. The highest BCUT2D eigenvalue weighted by atomic mass is 16.5. The zero-order valence-corrected chi connectivity index (χ0v) is 14.0. The molecule has 1 aromatic carbocycles. The van der Waals surface area contributed by atoms with Gasteiger partial charge in [-0.15, -0.1) is 0 Å². The van der Waals surface area contributed by atoms with Crippen LogP contribution in [0.1, 0.15) is 44.9 Å². The summed E-state index contributed by atoms with van der Waals surface area (Å²) in [6.45, 7) is 6.44. The fourth-order valence-electron chi connectivity index (χ4n) is 3.38. The van der Waals surface area contributed by atoms with Crippen LogP contribution in [0.5, 0.6) is 5.75 Å². The van der Waals surface area contributed by atoms with Gasteiger partial charge in [0.2, 0.25) is 0 Å². The summed E-state index contributed by atoms with van der Waals surface area (Å²) >= 11 is 0. The summed E-state index contributed by atoms with van der Waals surface area (Å²) in [6, 6.07) is 6.16. The molecule has 0 N–H and O–H groups in total. The van der Waals surface area contributed by atoms with Crippen molar-refractivity contribution in [2.45, 2.75) is 53.0 Å². The normalized spacial score (nSPS) is 14.9. The van der Waals surface area contributed by atoms with Crippen molar-refractivity contribution >= 4 is 16.7 Å². The molecule has 0 radical (unpaired) electrons. The molecule has 0 saturated carbocycles. The van der Waals surface area contributed by atoms with Crippen molar-refractivity contribution < 1.29 is 9.53 Å². The van der Waals surface area contributed by atoms with Crippen LogP contribution in [0.15, 0.2) is 18.2 Å². The van der Waals surface area contributed by atoms with E-state index in [2.05, 4.69) is 10.6 Å². The molecule has 0 atom stereocenters. The van der Waals surface area contributed by atoms with Crippen molar-refractivity contribution in [2.75, 3.05) is 7.11 Å². The van der Waals surface area contributed by atoms with E-state index in [9.17, 15) is 4.79 Å². The fourth-order valence-corrected chi connectivity index (χ4v) is 3.38. The second-order valence-corrected chi connectivity index (χ2v) is 7.25. The summed E-state index contributed by atoms with van der Waals surface area (Å²) in [4.78, 5) is 12.6. The summed E-state index contributed by atoms with van der Waals surface area (Å²) in [7, 11) is 1.72. The molecule has 0 saturated heterocycles. The first-order chi connectivity index (χ1) is 10.4. The number of hydrogen-bond donors (Lipinski definition) is 0. The Morgan fingerprint density at radius 1 is 1.23 bits per heavy atom. The number of rotatable bonds is 3. The molecule has 22 heavy (non-hydrogen) atoms. The van der Waals surface area contributed by atoms with Crippen molar-refractivity contribution in [1.82, 2.24) is 4.57 Å². The van der Waals surface area contributed by atoms with Crippen molar-refractivity contribution in [3.63, 3.8) is 0 Å². The van der Waals surface area contributed by atoms with Crippen LogP contribution in [0, 0.1) is 5.41 Å². The van der Waals surface area contributed by atoms with Gasteiger partial charge in [-0.05, 0) is 43.4 Å². The first-order valence-corrected chi connectivity index (χ1v) is 8.13. The molecule has 118 valence electrons. The number of aryl methyl sites for hydroxylation is 1. The van der Waals surface area contributed by atoms with Gasteiger partial charge >= 0.3 is 0 Å². The Labute approximate surface area is 132 Å². The Morgan fingerprint density at radius 2 is 1.95 bits per heavy atom. The Hall–Kier alpha value is -1.77. The quantitative estimate of drug-likeness (QED) is 0.852. The van der Waals surface area contributed by atoms with E-state index in [0.29, 0.717) is 6.54 Å². The second kappa shape index (κ2) is 5.45. The van der Waals surface area contributed by atoms with Crippen LogP contribution in [0.3, 0.4) is 0 Å². The fraction of sp³-hybridized carbons (Fsp3) is 0.526. The van der Waals surface area contributed by atoms with Crippen molar-refractivity contribution in [2.24, 2.45) is 5.41 Å². The maximum atomic E-state index is 12.6. The van der Waals surface area contributed by atoms with Crippen LogP contribution in [-0.2, 0) is 24.2 Å². The molecule has 0 fully saturated rings. The molecular formula is C19H25NO2. The second-order valence-electron chi connectivity index (χ2n) is 7.25. The molecular weight excluding hydrogens is 274 g/mol. The Kier molecular flexibility index (Phi) is 3.75. The summed E-state index contributed by atoms with van der Waals surface area (Å²) in [6.07, 6.45) is 4.57. The van der Waals surface area contributed by atoms with Crippen molar-refractivity contribution in [1.29, 1.82) is 0 Å². The highest BCUT2D eigenvalue weighted by Gasteiger charge is 2.27. The van der Waals surface area contributed by atoms with E-state index in [1.165, 1.54) is 29.5 Å². The first-order valence-electron chi connectivity index (χ1n) is 8.13. The van der Waals surface area contributed by atoms with E-state index < -0.39 is 0 Å². The highest BCUT2D eigenvalue weighted by molar-refractivity contribution is 5.93. The zero-order valence-electron chi connectivity index (χ0n) is 14.0. The average Bonchev–Trinajstić information content (AvgIpc) is 2.81. The number of ketones is 1. The van der Waals surface area contributed by atoms with Gasteiger partial charge in [0.15, 0.2) is 5.78 Å². The smallest absolute Gasteiger partial charge is 0.157 e. The maximum absolute atomic E-state index is 12.6. The maximum Gasteiger partial charge on any atom is 0.157 e. The van der Waals surface area contributed by atoms with Gasteiger partial charge in [0.05, 0.1) is 19.2 Å². The van der Waals surface area contributed by atoms with Crippen LogP contribution in [-0.4, -0.2) is 17.5 Å². The minimum Gasteiger partial charge on any atom is -0.496 e. The number of nitrogens with zero attached hydrogens (tertiary/aromatic N) is 1. The van der Waals surface area contributed by atoms with Crippen LogP contribution >= 0.6 is 0 Å². The number of Topliss-reactive ketones (excluding diaryl/α,β-unsaturated/α-hetero) is 1. The van der Waals surface area contributed by atoms with Crippen molar-refractivity contribution in [3.05, 3.63) is 29.5 Å². The molecule has 0 bridgehead atoms. The molecule has 2 aromatic rings. The van der Waals surface area contributed by atoms with Gasteiger partial charge in [-0.25, -0.2) is 0 Å². The third-order valence-electron chi connectivity index (χ3n) is 4.72. The predicted octanol–water partition coefficient (Wildman–Crippen LogP) is 4.14. The van der Waals surface area contributed by atoms with Crippen LogP contribution < -0.4 is 4.74 Å². The Morgan fingerprint density at radius 3 is 2.64 bits per heavy atom. The number of ether oxygens (including phenoxy) is 1. The minimum atomic E-state index is -0.309. The molecule has 1 aromatic heterocycles. The molecule has 3 nitrogen and oxygen atoms in total. The van der Waals surface area contributed by atoms with Crippen LogP contribution in [0.4, 0.5) is 0 Å². The molecule has 0 spiro atoms. The SMILES string of the molecule is COc1cccc2c1c1c(n2CC(=O)C(C)(C)C)CCCC1. The van der Waals surface area contributed by atoms with E-state index in [1.807, 2.05) is 32.9 Å². The van der Waals surface area contributed by atoms with Gasteiger partial charge < -0.3 is 9.30 Å². The Bertz CT molecular complexity index is 719. The standard InChI is InChI=1S/C19H25NO2/c1-19(2,3)17(21)12-20-14-9-6-5-8-13(14)18-15(20)10-7-11-16(18)22-4/h7,10-11H,5-6,8-9,12H2,1-4H3. The number of carbonyl (C=O) groups is 1. The average molecular weight is 299 g/mol. The molecule has 1 aliphatic rings. The van der Waals surface area contributed by atoms with Gasteiger partial charge in [-0.1, -0.05) is 26.8 Å². The topological polar surface area (TPSA) is 31.2 Å². The summed E-state index contributed by atoms with van der Waals surface area (Å²) in [5.41, 5.74) is 3.56. The summed E-state index contributed by atoms with van der Waals surface area (Å²) in [5.74, 6) is 1.21.